The zero-order valence-corrected chi connectivity index (χ0v) is 11.7. The lowest BCUT2D eigenvalue weighted by Gasteiger charge is -2.08. The molecule has 0 fully saturated rings. The largest absolute Gasteiger partial charge is 0.507 e. The molecule has 2 aromatic carbocycles. The fraction of sp³-hybridized carbons (Fsp3) is 0.0667. The number of aromatic amines is 1. The summed E-state index contributed by atoms with van der Waals surface area (Å²) in [5.41, 5.74) is 2.61. The molecule has 0 atom stereocenters. The van der Waals surface area contributed by atoms with Crippen molar-refractivity contribution in [2.24, 2.45) is 0 Å². The smallest absolute Gasteiger partial charge is 0.200 e. The Labute approximate surface area is 121 Å². The Balaban J connectivity index is 2.27. The van der Waals surface area contributed by atoms with Crippen LogP contribution in [0.2, 0.25) is 0 Å². The standard InChI is InChI=1S/C15H13N3OS/c1-10-7-8-13(19)12(9-10)14-16-17-15(20)18(14)11-5-3-2-4-6-11/h2-9,19H,1H3,(H,17,20). The number of hydrogen-bond acceptors (Lipinski definition) is 3. The summed E-state index contributed by atoms with van der Waals surface area (Å²) in [6.45, 7) is 1.97. The third kappa shape index (κ3) is 2.12. The Morgan fingerprint density at radius 3 is 2.65 bits per heavy atom. The highest BCUT2D eigenvalue weighted by Crippen LogP contribution is 2.30. The number of rotatable bonds is 2. The maximum absolute atomic E-state index is 10.1. The molecule has 0 aliphatic rings. The second-order valence-electron chi connectivity index (χ2n) is 4.54. The minimum atomic E-state index is 0.182. The Morgan fingerprint density at radius 2 is 1.90 bits per heavy atom. The summed E-state index contributed by atoms with van der Waals surface area (Å²) < 4.78 is 2.30. The molecule has 20 heavy (non-hydrogen) atoms. The van der Waals surface area contributed by atoms with Crippen LogP contribution < -0.4 is 0 Å². The maximum Gasteiger partial charge on any atom is 0.200 e. The Morgan fingerprint density at radius 1 is 1.15 bits per heavy atom. The van der Waals surface area contributed by atoms with Crippen molar-refractivity contribution in [1.82, 2.24) is 14.8 Å². The number of phenolic OH excluding ortho intramolecular Hbond substituents is 1. The summed E-state index contributed by atoms with van der Waals surface area (Å²) in [6, 6.07) is 15.1. The molecule has 0 bridgehead atoms. The van der Waals surface area contributed by atoms with E-state index in [2.05, 4.69) is 10.2 Å². The van der Waals surface area contributed by atoms with Gasteiger partial charge in [-0.2, -0.15) is 5.10 Å². The minimum absolute atomic E-state index is 0.182. The van der Waals surface area contributed by atoms with Crippen LogP contribution in [0.1, 0.15) is 5.56 Å². The Hall–Kier alpha value is -2.40. The van der Waals surface area contributed by atoms with Crippen LogP contribution in [0.4, 0.5) is 0 Å². The number of aromatic hydroxyl groups is 1. The second kappa shape index (κ2) is 4.94. The number of H-pyrrole nitrogens is 1. The van der Waals surface area contributed by atoms with Crippen molar-refractivity contribution >= 4 is 12.2 Å². The topological polar surface area (TPSA) is 53.8 Å². The van der Waals surface area contributed by atoms with Crippen molar-refractivity contribution in [1.29, 1.82) is 0 Å². The van der Waals surface area contributed by atoms with Crippen molar-refractivity contribution in [2.75, 3.05) is 0 Å². The van der Waals surface area contributed by atoms with Crippen molar-refractivity contribution in [3.05, 3.63) is 58.9 Å². The zero-order chi connectivity index (χ0) is 14.1. The number of nitrogens with zero attached hydrogens (tertiary/aromatic N) is 2. The van der Waals surface area contributed by atoms with Gasteiger partial charge in [0.25, 0.3) is 0 Å². The predicted molar refractivity (Wildman–Crippen MR) is 80.6 cm³/mol. The van der Waals surface area contributed by atoms with Crippen LogP contribution >= 0.6 is 12.2 Å². The summed E-state index contributed by atoms with van der Waals surface area (Å²) in [7, 11) is 0. The zero-order valence-electron chi connectivity index (χ0n) is 10.9. The average molecular weight is 283 g/mol. The second-order valence-corrected chi connectivity index (χ2v) is 4.93. The Kier molecular flexibility index (Phi) is 3.12. The molecule has 3 aromatic rings. The molecule has 0 aliphatic carbocycles. The van der Waals surface area contributed by atoms with Gasteiger partial charge in [-0.05, 0) is 43.4 Å². The quantitative estimate of drug-likeness (QED) is 0.706. The molecule has 1 aromatic heterocycles. The number of hydrogen-bond donors (Lipinski definition) is 2. The third-order valence-corrected chi connectivity index (χ3v) is 3.35. The van der Waals surface area contributed by atoms with Crippen LogP contribution in [0.5, 0.6) is 5.75 Å². The monoisotopic (exact) mass is 283 g/mol. The van der Waals surface area contributed by atoms with E-state index in [-0.39, 0.29) is 5.75 Å². The molecule has 5 heteroatoms. The average Bonchev–Trinajstić information content (AvgIpc) is 2.84. The predicted octanol–water partition coefficient (Wildman–Crippen LogP) is 3.61. The molecule has 0 saturated heterocycles. The van der Waals surface area contributed by atoms with E-state index < -0.39 is 0 Å². The molecule has 2 N–H and O–H groups in total. The fourth-order valence-corrected chi connectivity index (χ4v) is 2.36. The van der Waals surface area contributed by atoms with Crippen LogP contribution in [0.3, 0.4) is 0 Å². The molecule has 0 saturated carbocycles. The van der Waals surface area contributed by atoms with Gasteiger partial charge in [0.15, 0.2) is 10.6 Å². The van der Waals surface area contributed by atoms with E-state index in [0.29, 0.717) is 16.2 Å². The molecule has 3 rings (SSSR count). The fourth-order valence-electron chi connectivity index (χ4n) is 2.12. The highest BCUT2D eigenvalue weighted by Gasteiger charge is 2.14. The van der Waals surface area contributed by atoms with Gasteiger partial charge in [-0.1, -0.05) is 29.8 Å². The molecule has 0 aliphatic heterocycles. The van der Waals surface area contributed by atoms with Crippen LogP contribution in [0, 0.1) is 11.7 Å². The highest BCUT2D eigenvalue weighted by atomic mass is 32.1. The van der Waals surface area contributed by atoms with E-state index in [9.17, 15) is 5.11 Å². The summed E-state index contributed by atoms with van der Waals surface area (Å²) in [5, 5.41) is 17.1. The van der Waals surface area contributed by atoms with Crippen molar-refractivity contribution in [3.63, 3.8) is 0 Å². The number of nitrogens with one attached hydrogen (secondary N) is 1. The molecule has 4 nitrogen and oxygen atoms in total. The summed E-state index contributed by atoms with van der Waals surface area (Å²) >= 11 is 5.29. The highest BCUT2D eigenvalue weighted by molar-refractivity contribution is 7.71. The number of aromatic nitrogens is 3. The van der Waals surface area contributed by atoms with Gasteiger partial charge < -0.3 is 5.11 Å². The summed E-state index contributed by atoms with van der Waals surface area (Å²) in [4.78, 5) is 0. The number of para-hydroxylation sites is 1. The van der Waals surface area contributed by atoms with Gasteiger partial charge >= 0.3 is 0 Å². The van der Waals surface area contributed by atoms with Gasteiger partial charge in [0.2, 0.25) is 0 Å². The number of benzene rings is 2. The number of phenols is 1. The van der Waals surface area contributed by atoms with Crippen LogP contribution in [0.15, 0.2) is 48.5 Å². The molecular weight excluding hydrogens is 270 g/mol. The van der Waals surface area contributed by atoms with Crippen molar-refractivity contribution in [3.8, 4) is 22.8 Å². The summed E-state index contributed by atoms with van der Waals surface area (Å²) in [6.07, 6.45) is 0. The van der Waals surface area contributed by atoms with Gasteiger partial charge in [0.05, 0.1) is 5.56 Å². The third-order valence-electron chi connectivity index (χ3n) is 3.08. The molecule has 0 unspecified atom stereocenters. The van der Waals surface area contributed by atoms with Crippen LogP contribution in [-0.4, -0.2) is 19.9 Å². The van der Waals surface area contributed by atoms with Gasteiger partial charge in [-0.15, -0.1) is 0 Å². The van der Waals surface area contributed by atoms with Gasteiger partial charge in [0.1, 0.15) is 5.75 Å². The molecule has 100 valence electrons. The number of aryl methyl sites for hydroxylation is 1. The first-order chi connectivity index (χ1) is 9.66. The molecule has 0 amide bonds. The van der Waals surface area contributed by atoms with E-state index in [1.165, 1.54) is 0 Å². The summed E-state index contributed by atoms with van der Waals surface area (Å²) in [5.74, 6) is 0.782. The molecule has 1 heterocycles. The normalized spacial score (nSPS) is 10.7. The first-order valence-corrected chi connectivity index (χ1v) is 6.60. The van der Waals surface area contributed by atoms with E-state index in [0.717, 1.165) is 11.3 Å². The molecule has 0 radical (unpaired) electrons. The lowest BCUT2D eigenvalue weighted by atomic mass is 10.1. The van der Waals surface area contributed by atoms with Gasteiger partial charge in [-0.3, -0.25) is 9.67 Å². The maximum atomic E-state index is 10.1. The van der Waals surface area contributed by atoms with E-state index in [1.54, 1.807) is 6.07 Å². The first-order valence-electron chi connectivity index (χ1n) is 6.19. The van der Waals surface area contributed by atoms with Crippen molar-refractivity contribution in [2.45, 2.75) is 6.92 Å². The van der Waals surface area contributed by atoms with Crippen LogP contribution in [0.25, 0.3) is 17.1 Å². The molecular formula is C15H13N3OS. The SMILES string of the molecule is Cc1ccc(O)c(-c2n[nH]c(=S)n2-c2ccccc2)c1. The van der Waals surface area contributed by atoms with E-state index >= 15 is 0 Å². The van der Waals surface area contributed by atoms with E-state index in [4.69, 9.17) is 12.2 Å². The van der Waals surface area contributed by atoms with Gasteiger partial charge in [-0.25, -0.2) is 0 Å². The van der Waals surface area contributed by atoms with E-state index in [1.807, 2.05) is 54.0 Å². The minimum Gasteiger partial charge on any atom is -0.507 e. The van der Waals surface area contributed by atoms with Gasteiger partial charge in [0, 0.05) is 5.69 Å². The lowest BCUT2D eigenvalue weighted by molar-refractivity contribution is 0.476. The first kappa shape index (κ1) is 12.6. The van der Waals surface area contributed by atoms with Crippen molar-refractivity contribution < 1.29 is 5.11 Å². The van der Waals surface area contributed by atoms with Crippen LogP contribution in [-0.2, 0) is 0 Å². The lowest BCUT2D eigenvalue weighted by Crippen LogP contribution is -1.97. The Bertz CT molecular complexity index is 805. The molecule has 0 spiro atoms.